The van der Waals surface area contributed by atoms with Crippen LogP contribution in [-0.4, -0.2) is 21.0 Å². The lowest BCUT2D eigenvalue weighted by Crippen LogP contribution is -2.31. The van der Waals surface area contributed by atoms with E-state index in [0.717, 1.165) is 11.1 Å². The minimum absolute atomic E-state index is 0.131. The second kappa shape index (κ2) is 8.23. The lowest BCUT2D eigenvalue weighted by molar-refractivity contribution is 0.251. The molecule has 0 aliphatic carbocycles. The highest BCUT2D eigenvalue weighted by atomic mass is 32.2. The van der Waals surface area contributed by atoms with E-state index in [9.17, 15) is 13.2 Å². The number of nitrogens with one attached hydrogen (secondary N) is 3. The van der Waals surface area contributed by atoms with E-state index < -0.39 is 10.0 Å². The van der Waals surface area contributed by atoms with Gasteiger partial charge >= 0.3 is 6.03 Å². The van der Waals surface area contributed by atoms with Crippen LogP contribution in [0.5, 0.6) is 0 Å². The Hall–Kier alpha value is -2.54. The largest absolute Gasteiger partial charge is 0.338 e. The number of hydrogen-bond donors (Lipinski definition) is 3. The molecule has 0 saturated heterocycles. The van der Waals surface area contributed by atoms with Crippen molar-refractivity contribution < 1.29 is 13.2 Å². The third-order valence-corrected chi connectivity index (χ3v) is 5.11. The number of aryl methyl sites for hydroxylation is 2. The molecule has 0 radical (unpaired) electrons. The van der Waals surface area contributed by atoms with E-state index in [1.807, 2.05) is 39.8 Å². The zero-order valence-corrected chi connectivity index (χ0v) is 16.3. The standard InChI is InChI=1S/C19H25N3O3S/c1-13(2)12-20-19(23)21-16-7-9-17(10-8-16)26(24,25)22-18-11-14(3)5-6-15(18)4/h5-11,13,22H,12H2,1-4H3,(H2,20,21,23). The topological polar surface area (TPSA) is 87.3 Å². The van der Waals surface area contributed by atoms with Crippen molar-refractivity contribution in [1.29, 1.82) is 0 Å². The van der Waals surface area contributed by atoms with Crippen LogP contribution in [0.15, 0.2) is 47.4 Å². The minimum atomic E-state index is -3.70. The van der Waals surface area contributed by atoms with Crippen LogP contribution >= 0.6 is 0 Å². The van der Waals surface area contributed by atoms with Crippen LogP contribution in [0.4, 0.5) is 16.2 Å². The highest BCUT2D eigenvalue weighted by Crippen LogP contribution is 2.22. The van der Waals surface area contributed by atoms with Gasteiger partial charge in [-0.25, -0.2) is 13.2 Å². The van der Waals surface area contributed by atoms with Crippen molar-refractivity contribution in [3.8, 4) is 0 Å². The first-order valence-corrected chi connectivity index (χ1v) is 9.90. The predicted octanol–water partition coefficient (Wildman–Crippen LogP) is 3.88. The number of hydrogen-bond acceptors (Lipinski definition) is 3. The van der Waals surface area contributed by atoms with Crippen LogP contribution in [0.25, 0.3) is 0 Å². The van der Waals surface area contributed by atoms with E-state index in [0.29, 0.717) is 23.8 Å². The van der Waals surface area contributed by atoms with Gasteiger partial charge in [0.15, 0.2) is 0 Å². The smallest absolute Gasteiger partial charge is 0.319 e. The normalized spacial score (nSPS) is 11.3. The van der Waals surface area contributed by atoms with Crippen LogP contribution in [0.1, 0.15) is 25.0 Å². The number of carbonyl (C=O) groups excluding carboxylic acids is 1. The van der Waals surface area contributed by atoms with Crippen molar-refractivity contribution in [1.82, 2.24) is 5.32 Å². The van der Waals surface area contributed by atoms with Crippen molar-refractivity contribution in [3.63, 3.8) is 0 Å². The van der Waals surface area contributed by atoms with Crippen LogP contribution in [0.3, 0.4) is 0 Å². The number of sulfonamides is 1. The van der Waals surface area contributed by atoms with Gasteiger partial charge in [-0.3, -0.25) is 4.72 Å². The Labute approximate surface area is 155 Å². The molecule has 2 amide bonds. The van der Waals surface area contributed by atoms with Gasteiger partial charge in [0.25, 0.3) is 10.0 Å². The number of urea groups is 1. The fourth-order valence-corrected chi connectivity index (χ4v) is 3.36. The molecule has 140 valence electrons. The van der Waals surface area contributed by atoms with Gasteiger partial charge in [-0.15, -0.1) is 0 Å². The van der Waals surface area contributed by atoms with Crippen molar-refractivity contribution in [2.45, 2.75) is 32.6 Å². The molecule has 2 aromatic carbocycles. The van der Waals surface area contributed by atoms with Crippen LogP contribution in [-0.2, 0) is 10.0 Å². The Morgan fingerprint density at radius 1 is 1.04 bits per heavy atom. The highest BCUT2D eigenvalue weighted by molar-refractivity contribution is 7.92. The average molecular weight is 375 g/mol. The van der Waals surface area contributed by atoms with Crippen LogP contribution in [0.2, 0.25) is 0 Å². The van der Waals surface area contributed by atoms with E-state index in [-0.39, 0.29) is 10.9 Å². The summed E-state index contributed by atoms with van der Waals surface area (Å²) in [5, 5.41) is 5.42. The molecule has 0 bridgehead atoms. The lowest BCUT2D eigenvalue weighted by atomic mass is 10.1. The monoisotopic (exact) mass is 375 g/mol. The molecule has 26 heavy (non-hydrogen) atoms. The summed E-state index contributed by atoms with van der Waals surface area (Å²) in [6, 6.07) is 11.3. The molecule has 7 heteroatoms. The maximum atomic E-state index is 12.6. The summed E-state index contributed by atoms with van der Waals surface area (Å²) in [6.45, 7) is 8.33. The first-order chi connectivity index (χ1) is 12.2. The zero-order chi connectivity index (χ0) is 19.3. The average Bonchev–Trinajstić information content (AvgIpc) is 2.56. The second-order valence-electron chi connectivity index (χ2n) is 6.68. The molecule has 0 aliphatic rings. The van der Waals surface area contributed by atoms with Crippen LogP contribution in [0, 0.1) is 19.8 Å². The summed E-state index contributed by atoms with van der Waals surface area (Å²) in [6.07, 6.45) is 0. The van der Waals surface area contributed by atoms with Gasteiger partial charge in [0.2, 0.25) is 0 Å². The molecule has 2 rings (SSSR count). The molecule has 0 aliphatic heterocycles. The van der Waals surface area contributed by atoms with Gasteiger partial charge < -0.3 is 10.6 Å². The molecular weight excluding hydrogens is 350 g/mol. The van der Waals surface area contributed by atoms with Gasteiger partial charge in [-0.2, -0.15) is 0 Å². The van der Waals surface area contributed by atoms with E-state index in [1.165, 1.54) is 12.1 Å². The molecule has 0 aromatic heterocycles. The fourth-order valence-electron chi connectivity index (χ4n) is 2.24. The number of rotatable bonds is 6. The Balaban J connectivity index is 2.09. The van der Waals surface area contributed by atoms with Gasteiger partial charge in [-0.1, -0.05) is 26.0 Å². The van der Waals surface area contributed by atoms with Crippen molar-refractivity contribution in [3.05, 3.63) is 53.6 Å². The van der Waals surface area contributed by atoms with Crippen molar-refractivity contribution in [2.24, 2.45) is 5.92 Å². The summed E-state index contributed by atoms with van der Waals surface area (Å²) in [7, 11) is -3.70. The van der Waals surface area contributed by atoms with Crippen molar-refractivity contribution >= 4 is 27.4 Å². The van der Waals surface area contributed by atoms with E-state index >= 15 is 0 Å². The quantitative estimate of drug-likeness (QED) is 0.716. The van der Waals surface area contributed by atoms with E-state index in [1.54, 1.807) is 18.2 Å². The predicted molar refractivity (Wildman–Crippen MR) is 105 cm³/mol. The fraction of sp³-hybridized carbons (Fsp3) is 0.316. The first kappa shape index (κ1) is 19.8. The van der Waals surface area contributed by atoms with E-state index in [2.05, 4.69) is 15.4 Å². The third kappa shape index (κ3) is 5.49. The van der Waals surface area contributed by atoms with Gasteiger partial charge in [0.05, 0.1) is 10.6 Å². The number of benzene rings is 2. The summed E-state index contributed by atoms with van der Waals surface area (Å²) in [5.74, 6) is 0.351. The van der Waals surface area contributed by atoms with Crippen LogP contribution < -0.4 is 15.4 Å². The molecule has 0 fully saturated rings. The zero-order valence-electron chi connectivity index (χ0n) is 15.5. The van der Waals surface area contributed by atoms with Gasteiger partial charge in [0, 0.05) is 12.2 Å². The summed E-state index contributed by atoms with van der Waals surface area (Å²) < 4.78 is 27.7. The van der Waals surface area contributed by atoms with Gasteiger partial charge in [0.1, 0.15) is 0 Å². The highest BCUT2D eigenvalue weighted by Gasteiger charge is 2.15. The Kier molecular flexibility index (Phi) is 6.26. The maximum absolute atomic E-state index is 12.6. The molecule has 6 nitrogen and oxygen atoms in total. The number of anilines is 2. The van der Waals surface area contributed by atoms with Gasteiger partial charge in [-0.05, 0) is 61.2 Å². The molecule has 0 atom stereocenters. The SMILES string of the molecule is Cc1ccc(C)c(NS(=O)(=O)c2ccc(NC(=O)NCC(C)C)cc2)c1. The number of amides is 2. The molecule has 0 saturated carbocycles. The molecule has 0 unspecified atom stereocenters. The third-order valence-electron chi connectivity index (χ3n) is 3.73. The molecule has 2 aromatic rings. The molecular formula is C19H25N3O3S. The first-order valence-electron chi connectivity index (χ1n) is 8.42. The molecule has 0 spiro atoms. The Bertz CT molecular complexity index is 875. The minimum Gasteiger partial charge on any atom is -0.338 e. The Morgan fingerprint density at radius 2 is 1.69 bits per heavy atom. The second-order valence-corrected chi connectivity index (χ2v) is 8.36. The lowest BCUT2D eigenvalue weighted by Gasteiger charge is -2.12. The summed E-state index contributed by atoms with van der Waals surface area (Å²) in [4.78, 5) is 11.9. The number of carbonyl (C=O) groups is 1. The molecule has 3 N–H and O–H groups in total. The Morgan fingerprint density at radius 3 is 2.31 bits per heavy atom. The van der Waals surface area contributed by atoms with E-state index in [4.69, 9.17) is 0 Å². The maximum Gasteiger partial charge on any atom is 0.319 e. The summed E-state index contributed by atoms with van der Waals surface area (Å²) in [5.41, 5.74) is 2.90. The summed E-state index contributed by atoms with van der Waals surface area (Å²) >= 11 is 0. The van der Waals surface area contributed by atoms with Crippen molar-refractivity contribution in [2.75, 3.05) is 16.6 Å². The molecule has 0 heterocycles.